The largest absolute Gasteiger partial charge is 0.416 e. The molecule has 0 radical (unpaired) electrons. The van der Waals surface area contributed by atoms with Gasteiger partial charge in [-0.05, 0) is 36.6 Å². The molecule has 1 atom stereocenters. The number of amides is 1. The van der Waals surface area contributed by atoms with Crippen LogP contribution in [-0.2, 0) is 17.4 Å². The minimum absolute atomic E-state index is 0.00730. The number of primary amides is 1. The second-order valence-electron chi connectivity index (χ2n) is 3.71. The van der Waals surface area contributed by atoms with Gasteiger partial charge in [0.1, 0.15) is 5.38 Å². The second kappa shape index (κ2) is 4.96. The molecule has 1 aromatic carbocycles. The first-order valence-corrected chi connectivity index (χ1v) is 5.25. The molecule has 0 aliphatic rings. The third-order valence-corrected chi connectivity index (χ3v) is 2.75. The van der Waals surface area contributed by atoms with Crippen molar-refractivity contribution in [2.24, 2.45) is 5.73 Å². The Bertz CT molecular complexity index is 431. The van der Waals surface area contributed by atoms with Crippen molar-refractivity contribution in [3.05, 3.63) is 34.9 Å². The highest BCUT2D eigenvalue weighted by Gasteiger charge is 2.31. The van der Waals surface area contributed by atoms with Crippen LogP contribution in [0.1, 0.15) is 16.7 Å². The quantitative estimate of drug-likeness (QED) is 0.839. The highest BCUT2D eigenvalue weighted by molar-refractivity contribution is 6.30. The van der Waals surface area contributed by atoms with E-state index >= 15 is 0 Å². The van der Waals surface area contributed by atoms with Crippen LogP contribution in [0.3, 0.4) is 0 Å². The zero-order valence-corrected chi connectivity index (χ0v) is 9.77. The van der Waals surface area contributed by atoms with Gasteiger partial charge in [-0.25, -0.2) is 0 Å². The lowest BCUT2D eigenvalue weighted by Gasteiger charge is -2.12. The van der Waals surface area contributed by atoms with E-state index in [1.807, 2.05) is 0 Å². The van der Waals surface area contributed by atoms with Crippen LogP contribution in [-0.4, -0.2) is 11.3 Å². The Morgan fingerprint density at radius 1 is 1.47 bits per heavy atom. The fourth-order valence-corrected chi connectivity index (χ4v) is 1.53. The van der Waals surface area contributed by atoms with Crippen LogP contribution < -0.4 is 5.73 Å². The molecule has 0 aliphatic carbocycles. The van der Waals surface area contributed by atoms with Gasteiger partial charge in [-0.2, -0.15) is 13.2 Å². The van der Waals surface area contributed by atoms with E-state index in [1.165, 1.54) is 6.07 Å². The molecule has 6 heteroatoms. The lowest BCUT2D eigenvalue weighted by atomic mass is 10.0. The highest BCUT2D eigenvalue weighted by atomic mass is 35.5. The molecule has 1 unspecified atom stereocenters. The van der Waals surface area contributed by atoms with Gasteiger partial charge in [0.15, 0.2) is 0 Å². The molecular formula is C11H11ClF3NO. The normalized spacial score (nSPS) is 13.5. The summed E-state index contributed by atoms with van der Waals surface area (Å²) in [7, 11) is 0. The van der Waals surface area contributed by atoms with Gasteiger partial charge in [0.2, 0.25) is 5.91 Å². The molecule has 2 N–H and O–H groups in total. The third kappa shape index (κ3) is 3.63. The van der Waals surface area contributed by atoms with Crippen molar-refractivity contribution in [3.63, 3.8) is 0 Å². The van der Waals surface area contributed by atoms with Crippen LogP contribution in [0.15, 0.2) is 18.2 Å². The molecule has 0 heterocycles. The van der Waals surface area contributed by atoms with E-state index in [0.717, 1.165) is 12.1 Å². The summed E-state index contributed by atoms with van der Waals surface area (Å²) in [6.07, 6.45) is -4.41. The van der Waals surface area contributed by atoms with Gasteiger partial charge in [0.25, 0.3) is 0 Å². The number of alkyl halides is 4. The molecule has 1 amide bonds. The maximum Gasteiger partial charge on any atom is 0.416 e. The molecule has 1 aromatic rings. The van der Waals surface area contributed by atoms with Crippen LogP contribution in [0.4, 0.5) is 13.2 Å². The molecule has 94 valence electrons. The Labute approximate surface area is 102 Å². The Hall–Kier alpha value is -1.23. The van der Waals surface area contributed by atoms with Gasteiger partial charge in [0.05, 0.1) is 5.56 Å². The Morgan fingerprint density at radius 2 is 2.06 bits per heavy atom. The van der Waals surface area contributed by atoms with E-state index in [-0.39, 0.29) is 6.42 Å². The number of carbonyl (C=O) groups is 1. The predicted octanol–water partition coefficient (Wildman–Crippen LogP) is 2.65. The first-order chi connectivity index (χ1) is 7.71. The number of benzene rings is 1. The maximum atomic E-state index is 12.5. The molecular weight excluding hydrogens is 255 g/mol. The molecule has 0 aliphatic heterocycles. The van der Waals surface area contributed by atoms with Gasteiger partial charge in [-0.3, -0.25) is 4.79 Å². The van der Waals surface area contributed by atoms with Gasteiger partial charge in [-0.15, -0.1) is 11.6 Å². The Balaban J connectivity index is 3.03. The summed E-state index contributed by atoms with van der Waals surface area (Å²) in [5.41, 5.74) is 5.22. The molecule has 0 saturated carbocycles. The number of halogens is 4. The molecule has 0 spiro atoms. The fourth-order valence-electron chi connectivity index (χ4n) is 1.36. The minimum Gasteiger partial charge on any atom is -0.368 e. The van der Waals surface area contributed by atoms with Crippen molar-refractivity contribution in [1.29, 1.82) is 0 Å². The summed E-state index contributed by atoms with van der Waals surface area (Å²) in [6.45, 7) is 1.65. The van der Waals surface area contributed by atoms with Crippen molar-refractivity contribution in [3.8, 4) is 0 Å². The lowest BCUT2D eigenvalue weighted by Crippen LogP contribution is -2.25. The van der Waals surface area contributed by atoms with Gasteiger partial charge >= 0.3 is 6.18 Å². The average Bonchev–Trinajstić information content (AvgIpc) is 2.19. The van der Waals surface area contributed by atoms with Crippen molar-refractivity contribution >= 4 is 17.5 Å². The van der Waals surface area contributed by atoms with E-state index in [9.17, 15) is 18.0 Å². The smallest absolute Gasteiger partial charge is 0.368 e. The van der Waals surface area contributed by atoms with E-state index < -0.39 is 23.0 Å². The number of rotatable bonds is 3. The second-order valence-corrected chi connectivity index (χ2v) is 4.24. The van der Waals surface area contributed by atoms with Crippen molar-refractivity contribution < 1.29 is 18.0 Å². The molecule has 2 nitrogen and oxygen atoms in total. The van der Waals surface area contributed by atoms with E-state index in [1.54, 1.807) is 6.92 Å². The SMILES string of the molecule is Cc1ccc(C(F)(F)F)cc1CC(Cl)C(N)=O. The van der Waals surface area contributed by atoms with Crippen molar-refractivity contribution in [2.45, 2.75) is 24.9 Å². The molecule has 0 aromatic heterocycles. The highest BCUT2D eigenvalue weighted by Crippen LogP contribution is 2.31. The van der Waals surface area contributed by atoms with Crippen LogP contribution in [0.2, 0.25) is 0 Å². The number of nitrogens with two attached hydrogens (primary N) is 1. The topological polar surface area (TPSA) is 43.1 Å². The number of carbonyl (C=O) groups excluding carboxylic acids is 1. The van der Waals surface area contributed by atoms with Crippen LogP contribution in [0, 0.1) is 6.92 Å². The van der Waals surface area contributed by atoms with Crippen LogP contribution in [0.5, 0.6) is 0 Å². The molecule has 0 saturated heterocycles. The first kappa shape index (κ1) is 13.8. The maximum absolute atomic E-state index is 12.5. The van der Waals surface area contributed by atoms with E-state index in [2.05, 4.69) is 0 Å². The number of hydrogen-bond acceptors (Lipinski definition) is 1. The number of aryl methyl sites for hydroxylation is 1. The van der Waals surface area contributed by atoms with Crippen molar-refractivity contribution in [1.82, 2.24) is 0 Å². The minimum atomic E-state index is -4.41. The van der Waals surface area contributed by atoms with Gasteiger partial charge < -0.3 is 5.73 Å². The third-order valence-electron chi connectivity index (χ3n) is 2.38. The van der Waals surface area contributed by atoms with Crippen LogP contribution in [0.25, 0.3) is 0 Å². The van der Waals surface area contributed by atoms with Crippen molar-refractivity contribution in [2.75, 3.05) is 0 Å². The lowest BCUT2D eigenvalue weighted by molar-refractivity contribution is -0.137. The zero-order valence-electron chi connectivity index (χ0n) is 9.01. The Morgan fingerprint density at radius 3 is 2.53 bits per heavy atom. The van der Waals surface area contributed by atoms with Gasteiger partial charge in [-0.1, -0.05) is 6.07 Å². The monoisotopic (exact) mass is 265 g/mol. The first-order valence-electron chi connectivity index (χ1n) is 4.82. The van der Waals surface area contributed by atoms with E-state index in [4.69, 9.17) is 17.3 Å². The molecule has 1 rings (SSSR count). The Kier molecular flexibility index (Phi) is 4.03. The summed E-state index contributed by atoms with van der Waals surface area (Å²) in [4.78, 5) is 10.8. The molecule has 0 fully saturated rings. The zero-order chi connectivity index (χ0) is 13.2. The average molecular weight is 266 g/mol. The van der Waals surface area contributed by atoms with E-state index in [0.29, 0.717) is 11.1 Å². The predicted molar refractivity (Wildman–Crippen MR) is 58.7 cm³/mol. The standard InChI is InChI=1S/C11H11ClF3NO/c1-6-2-3-8(11(13,14)15)4-7(6)5-9(12)10(16)17/h2-4,9H,5H2,1H3,(H2,16,17). The summed E-state index contributed by atoms with van der Waals surface area (Å²) >= 11 is 5.63. The molecule has 0 bridgehead atoms. The number of hydrogen-bond donors (Lipinski definition) is 1. The summed E-state index contributed by atoms with van der Waals surface area (Å²) in [6, 6.07) is 3.34. The van der Waals surface area contributed by atoms with Crippen LogP contribution >= 0.6 is 11.6 Å². The molecule has 17 heavy (non-hydrogen) atoms. The van der Waals surface area contributed by atoms with Gasteiger partial charge in [0, 0.05) is 0 Å². The summed E-state index contributed by atoms with van der Waals surface area (Å²) in [5, 5.41) is -1.00. The fraction of sp³-hybridized carbons (Fsp3) is 0.364. The summed E-state index contributed by atoms with van der Waals surface area (Å²) in [5.74, 6) is -0.747. The summed E-state index contributed by atoms with van der Waals surface area (Å²) < 4.78 is 37.4.